The number of aryl methyl sites for hydroxylation is 1. The summed E-state index contributed by atoms with van der Waals surface area (Å²) < 4.78 is 13.7. The van der Waals surface area contributed by atoms with Crippen LogP contribution in [0.5, 0.6) is 0 Å². The minimum Gasteiger partial charge on any atom is -0.481 e. The van der Waals surface area contributed by atoms with Crippen molar-refractivity contribution in [1.29, 1.82) is 0 Å². The molecule has 1 unspecified atom stereocenters. The van der Waals surface area contributed by atoms with Crippen molar-refractivity contribution in [1.82, 2.24) is 4.98 Å². The minimum absolute atomic E-state index is 0.179. The largest absolute Gasteiger partial charge is 0.481 e. The number of carbonyl (C=O) groups is 1. The van der Waals surface area contributed by atoms with Gasteiger partial charge in [0.25, 0.3) is 0 Å². The van der Waals surface area contributed by atoms with Crippen LogP contribution in [0.2, 0.25) is 0 Å². The number of nitrogens with zero attached hydrogens (tertiary/aromatic N) is 1. The molecular formula is C15H14FNO2. The average molecular weight is 259 g/mol. The first kappa shape index (κ1) is 13.2. The summed E-state index contributed by atoms with van der Waals surface area (Å²) in [6, 6.07) is 11.4. The Morgan fingerprint density at radius 1 is 1.26 bits per heavy atom. The molecule has 98 valence electrons. The van der Waals surface area contributed by atoms with Crippen molar-refractivity contribution in [3.63, 3.8) is 0 Å². The van der Waals surface area contributed by atoms with E-state index in [1.54, 1.807) is 18.2 Å². The first-order valence-electron chi connectivity index (χ1n) is 5.97. The van der Waals surface area contributed by atoms with E-state index in [9.17, 15) is 14.3 Å². The summed E-state index contributed by atoms with van der Waals surface area (Å²) in [4.78, 5) is 15.6. The number of benzene rings is 1. The fraction of sp³-hybridized carbons (Fsp3) is 0.200. The highest BCUT2D eigenvalue weighted by atomic mass is 19.1. The number of aliphatic carboxylic acids is 1. The van der Waals surface area contributed by atoms with Crippen LogP contribution in [-0.4, -0.2) is 16.1 Å². The number of hydrogen-bond donors (Lipinski definition) is 1. The molecule has 3 nitrogen and oxygen atoms in total. The van der Waals surface area contributed by atoms with Crippen LogP contribution in [0, 0.1) is 12.7 Å². The van der Waals surface area contributed by atoms with Crippen LogP contribution in [-0.2, 0) is 11.2 Å². The molecule has 0 aliphatic heterocycles. The summed E-state index contributed by atoms with van der Waals surface area (Å²) in [5.74, 6) is -2.47. The van der Waals surface area contributed by atoms with E-state index < -0.39 is 17.7 Å². The SMILES string of the molecule is Cc1cccc(CC(C(=O)O)c2ccccc2F)n1. The molecule has 4 heteroatoms. The standard InChI is InChI=1S/C15H14FNO2/c1-10-5-4-6-11(17-10)9-13(15(18)19)12-7-2-3-8-14(12)16/h2-8,13H,9H2,1H3,(H,18,19). The van der Waals surface area contributed by atoms with Crippen molar-refractivity contribution in [2.24, 2.45) is 0 Å². The van der Waals surface area contributed by atoms with E-state index in [4.69, 9.17) is 0 Å². The van der Waals surface area contributed by atoms with Crippen LogP contribution in [0.25, 0.3) is 0 Å². The summed E-state index contributed by atoms with van der Waals surface area (Å²) in [5.41, 5.74) is 1.66. The highest BCUT2D eigenvalue weighted by Gasteiger charge is 2.23. The first-order valence-corrected chi connectivity index (χ1v) is 5.97. The van der Waals surface area contributed by atoms with Gasteiger partial charge in [-0.15, -0.1) is 0 Å². The van der Waals surface area contributed by atoms with Crippen LogP contribution in [0.15, 0.2) is 42.5 Å². The van der Waals surface area contributed by atoms with E-state index in [1.807, 2.05) is 19.1 Å². The molecule has 1 aromatic carbocycles. The molecule has 0 radical (unpaired) electrons. The van der Waals surface area contributed by atoms with Crippen LogP contribution < -0.4 is 0 Å². The maximum atomic E-state index is 13.7. The minimum atomic E-state index is -1.05. The van der Waals surface area contributed by atoms with Gasteiger partial charge in [0.15, 0.2) is 0 Å². The fourth-order valence-corrected chi connectivity index (χ4v) is 2.01. The van der Waals surface area contributed by atoms with Crippen molar-refractivity contribution in [3.8, 4) is 0 Å². The third-order valence-corrected chi connectivity index (χ3v) is 2.94. The maximum Gasteiger partial charge on any atom is 0.311 e. The van der Waals surface area contributed by atoms with Crippen LogP contribution in [0.1, 0.15) is 22.9 Å². The van der Waals surface area contributed by atoms with Gasteiger partial charge >= 0.3 is 5.97 Å². The van der Waals surface area contributed by atoms with Gasteiger partial charge in [-0.25, -0.2) is 4.39 Å². The van der Waals surface area contributed by atoms with Crippen molar-refractivity contribution in [2.75, 3.05) is 0 Å². The second kappa shape index (κ2) is 5.61. The Hall–Kier alpha value is -2.23. The van der Waals surface area contributed by atoms with Crippen molar-refractivity contribution in [2.45, 2.75) is 19.3 Å². The molecule has 0 aliphatic carbocycles. The molecule has 1 aromatic heterocycles. The van der Waals surface area contributed by atoms with E-state index in [1.165, 1.54) is 12.1 Å². The van der Waals surface area contributed by atoms with Crippen LogP contribution in [0.3, 0.4) is 0 Å². The van der Waals surface area contributed by atoms with E-state index in [-0.39, 0.29) is 12.0 Å². The van der Waals surface area contributed by atoms with E-state index in [0.717, 1.165) is 5.69 Å². The predicted octanol–water partition coefficient (Wildman–Crippen LogP) is 2.94. The van der Waals surface area contributed by atoms with Crippen molar-refractivity contribution in [3.05, 3.63) is 65.2 Å². The van der Waals surface area contributed by atoms with Gasteiger partial charge < -0.3 is 5.11 Å². The summed E-state index contributed by atoms with van der Waals surface area (Å²) >= 11 is 0. The number of carboxylic acids is 1. The number of rotatable bonds is 4. The zero-order valence-electron chi connectivity index (χ0n) is 10.5. The second-order valence-electron chi connectivity index (χ2n) is 4.39. The molecular weight excluding hydrogens is 245 g/mol. The Kier molecular flexibility index (Phi) is 3.90. The van der Waals surface area contributed by atoms with E-state index in [2.05, 4.69) is 4.98 Å². The average Bonchev–Trinajstić information content (AvgIpc) is 2.37. The highest BCUT2D eigenvalue weighted by Crippen LogP contribution is 2.23. The van der Waals surface area contributed by atoms with Gasteiger partial charge in [0, 0.05) is 23.4 Å². The Morgan fingerprint density at radius 2 is 2.00 bits per heavy atom. The van der Waals surface area contributed by atoms with Gasteiger partial charge in [0.1, 0.15) is 5.82 Å². The maximum absolute atomic E-state index is 13.7. The molecule has 19 heavy (non-hydrogen) atoms. The highest BCUT2D eigenvalue weighted by molar-refractivity contribution is 5.76. The quantitative estimate of drug-likeness (QED) is 0.918. The molecule has 0 bridgehead atoms. The molecule has 1 atom stereocenters. The fourth-order valence-electron chi connectivity index (χ4n) is 2.01. The van der Waals surface area contributed by atoms with Crippen LogP contribution >= 0.6 is 0 Å². The predicted molar refractivity (Wildman–Crippen MR) is 69.5 cm³/mol. The third kappa shape index (κ3) is 3.16. The molecule has 0 aliphatic rings. The Bertz CT molecular complexity index is 598. The molecule has 0 amide bonds. The smallest absolute Gasteiger partial charge is 0.311 e. The topological polar surface area (TPSA) is 50.2 Å². The summed E-state index contributed by atoms with van der Waals surface area (Å²) in [6.45, 7) is 1.84. The lowest BCUT2D eigenvalue weighted by Crippen LogP contribution is -2.16. The molecule has 2 rings (SSSR count). The van der Waals surface area contributed by atoms with E-state index >= 15 is 0 Å². The summed E-state index contributed by atoms with van der Waals surface area (Å²) in [5, 5.41) is 9.29. The van der Waals surface area contributed by atoms with Crippen LogP contribution in [0.4, 0.5) is 4.39 Å². The Morgan fingerprint density at radius 3 is 2.63 bits per heavy atom. The molecule has 0 saturated carbocycles. The molecule has 1 N–H and O–H groups in total. The number of pyridine rings is 1. The Labute approximate surface area is 110 Å². The number of hydrogen-bond acceptors (Lipinski definition) is 2. The van der Waals surface area contributed by atoms with Gasteiger partial charge in [0.2, 0.25) is 0 Å². The number of halogens is 1. The monoisotopic (exact) mass is 259 g/mol. The van der Waals surface area contributed by atoms with E-state index in [0.29, 0.717) is 5.69 Å². The van der Waals surface area contributed by atoms with Gasteiger partial charge in [-0.05, 0) is 25.1 Å². The lowest BCUT2D eigenvalue weighted by molar-refractivity contribution is -0.138. The lowest BCUT2D eigenvalue weighted by Gasteiger charge is -2.13. The first-order chi connectivity index (χ1) is 9.08. The third-order valence-electron chi connectivity index (χ3n) is 2.94. The zero-order valence-corrected chi connectivity index (χ0v) is 10.5. The molecule has 0 saturated heterocycles. The number of carboxylic acid groups (broad SMARTS) is 1. The molecule has 0 spiro atoms. The second-order valence-corrected chi connectivity index (χ2v) is 4.39. The normalized spacial score (nSPS) is 12.1. The van der Waals surface area contributed by atoms with Crippen molar-refractivity contribution >= 4 is 5.97 Å². The lowest BCUT2D eigenvalue weighted by atomic mass is 9.93. The zero-order chi connectivity index (χ0) is 13.8. The van der Waals surface area contributed by atoms with Gasteiger partial charge in [-0.1, -0.05) is 24.3 Å². The molecule has 0 fully saturated rings. The molecule has 2 aromatic rings. The summed E-state index contributed by atoms with van der Waals surface area (Å²) in [6.07, 6.45) is 0.179. The molecule has 1 heterocycles. The Balaban J connectivity index is 2.32. The summed E-state index contributed by atoms with van der Waals surface area (Å²) in [7, 11) is 0. The van der Waals surface area contributed by atoms with Gasteiger partial charge in [-0.2, -0.15) is 0 Å². The number of aromatic nitrogens is 1. The van der Waals surface area contributed by atoms with Gasteiger partial charge in [-0.3, -0.25) is 9.78 Å². The van der Waals surface area contributed by atoms with Gasteiger partial charge in [0.05, 0.1) is 5.92 Å². The van der Waals surface area contributed by atoms with Crippen molar-refractivity contribution < 1.29 is 14.3 Å².